The van der Waals surface area contributed by atoms with Crippen LogP contribution in [0.5, 0.6) is 0 Å². The molecule has 0 radical (unpaired) electrons. The predicted molar refractivity (Wildman–Crippen MR) is 77.4 cm³/mol. The summed E-state index contributed by atoms with van der Waals surface area (Å²) in [6.07, 6.45) is 6.44. The van der Waals surface area contributed by atoms with Crippen molar-refractivity contribution in [2.24, 2.45) is 0 Å². The lowest BCUT2D eigenvalue weighted by Gasteiger charge is -2.09. The van der Waals surface area contributed by atoms with Crippen molar-refractivity contribution in [3.63, 3.8) is 0 Å². The van der Waals surface area contributed by atoms with E-state index in [9.17, 15) is 0 Å². The van der Waals surface area contributed by atoms with Gasteiger partial charge in [0.15, 0.2) is 5.76 Å². The monoisotopic (exact) mass is 267 g/mol. The molecule has 1 aromatic carbocycles. The van der Waals surface area contributed by atoms with Gasteiger partial charge in [0, 0.05) is 24.8 Å². The van der Waals surface area contributed by atoms with Crippen molar-refractivity contribution in [3.05, 3.63) is 54.0 Å². The molecule has 102 valence electrons. The van der Waals surface area contributed by atoms with Crippen LogP contribution in [0.3, 0.4) is 0 Å². The maximum absolute atomic E-state index is 5.22. The Labute approximate surface area is 117 Å². The van der Waals surface area contributed by atoms with Gasteiger partial charge in [0.1, 0.15) is 0 Å². The summed E-state index contributed by atoms with van der Waals surface area (Å²) >= 11 is 0. The van der Waals surface area contributed by atoms with E-state index < -0.39 is 0 Å². The molecule has 1 fully saturated rings. The first-order valence-corrected chi connectivity index (χ1v) is 7.10. The zero-order valence-corrected chi connectivity index (χ0v) is 11.2. The zero-order valence-electron chi connectivity index (χ0n) is 11.2. The van der Waals surface area contributed by atoms with Crippen molar-refractivity contribution >= 4 is 10.9 Å². The lowest BCUT2D eigenvalue weighted by atomic mass is 10.1. The van der Waals surface area contributed by atoms with Gasteiger partial charge in [-0.2, -0.15) is 0 Å². The van der Waals surface area contributed by atoms with E-state index >= 15 is 0 Å². The first-order chi connectivity index (χ1) is 9.90. The Bertz CT molecular complexity index is 710. The molecule has 0 unspecified atom stereocenters. The molecule has 4 rings (SSSR count). The highest BCUT2D eigenvalue weighted by molar-refractivity contribution is 5.83. The number of aromatic nitrogens is 2. The van der Waals surface area contributed by atoms with Gasteiger partial charge in [-0.3, -0.25) is 0 Å². The van der Waals surface area contributed by atoms with Crippen LogP contribution in [-0.2, 0) is 13.1 Å². The van der Waals surface area contributed by atoms with Gasteiger partial charge in [0.05, 0.1) is 18.3 Å². The van der Waals surface area contributed by atoms with Gasteiger partial charge < -0.3 is 14.4 Å². The summed E-state index contributed by atoms with van der Waals surface area (Å²) in [5.74, 6) is 0.882. The summed E-state index contributed by atoms with van der Waals surface area (Å²) < 4.78 is 7.45. The topological polar surface area (TPSA) is 43.0 Å². The summed E-state index contributed by atoms with van der Waals surface area (Å²) in [7, 11) is 0. The number of nitrogens with one attached hydrogen (secondary N) is 1. The molecule has 2 heterocycles. The molecular weight excluding hydrogens is 250 g/mol. The summed E-state index contributed by atoms with van der Waals surface area (Å²) in [5.41, 5.74) is 2.64. The Morgan fingerprint density at radius 2 is 2.20 bits per heavy atom. The van der Waals surface area contributed by atoms with Gasteiger partial charge in [-0.15, -0.1) is 0 Å². The van der Waals surface area contributed by atoms with E-state index in [1.165, 1.54) is 29.3 Å². The Kier molecular flexibility index (Phi) is 2.81. The third-order valence-electron chi connectivity index (χ3n) is 3.85. The number of benzene rings is 1. The molecular formula is C16H17N3O. The predicted octanol–water partition coefficient (Wildman–Crippen LogP) is 2.93. The van der Waals surface area contributed by atoms with Crippen LogP contribution in [-0.4, -0.2) is 15.8 Å². The van der Waals surface area contributed by atoms with Gasteiger partial charge >= 0.3 is 0 Å². The molecule has 1 saturated carbocycles. The van der Waals surface area contributed by atoms with Gasteiger partial charge in [0.2, 0.25) is 0 Å². The Morgan fingerprint density at radius 3 is 3.00 bits per heavy atom. The fraction of sp³-hybridized carbons (Fsp3) is 0.312. The van der Waals surface area contributed by atoms with Crippen molar-refractivity contribution in [1.82, 2.24) is 15.0 Å². The van der Waals surface area contributed by atoms with Gasteiger partial charge in [-0.25, -0.2) is 0 Å². The quantitative estimate of drug-likeness (QED) is 0.773. The largest absolute Gasteiger partial charge is 0.359 e. The fourth-order valence-corrected chi connectivity index (χ4v) is 2.65. The molecule has 0 aliphatic heterocycles. The average molecular weight is 267 g/mol. The standard InChI is InChI=1S/C16H17N3O/c1-2-12-7-9-19(11-15-6-8-18-20-15)16(12)13(3-1)10-17-14-4-5-14/h1-3,6-9,14,17H,4-5,10-11H2. The van der Waals surface area contributed by atoms with Crippen molar-refractivity contribution in [2.75, 3.05) is 0 Å². The second-order valence-electron chi connectivity index (χ2n) is 5.43. The van der Waals surface area contributed by atoms with Crippen molar-refractivity contribution in [1.29, 1.82) is 0 Å². The van der Waals surface area contributed by atoms with E-state index in [-0.39, 0.29) is 0 Å². The second-order valence-corrected chi connectivity index (χ2v) is 5.43. The molecule has 20 heavy (non-hydrogen) atoms. The number of fused-ring (bicyclic) bond motifs is 1. The minimum atomic E-state index is 0.725. The summed E-state index contributed by atoms with van der Waals surface area (Å²) in [4.78, 5) is 0. The van der Waals surface area contributed by atoms with Crippen molar-refractivity contribution in [3.8, 4) is 0 Å². The van der Waals surface area contributed by atoms with Crippen LogP contribution in [0.1, 0.15) is 24.2 Å². The SMILES string of the molecule is c1cc(CNC2CC2)c2c(c1)ccn2Cc1ccno1. The van der Waals surface area contributed by atoms with Crippen LogP contribution >= 0.6 is 0 Å². The molecule has 0 spiro atoms. The van der Waals surface area contributed by atoms with Crippen LogP contribution in [0.25, 0.3) is 10.9 Å². The Morgan fingerprint density at radius 1 is 1.25 bits per heavy atom. The molecule has 3 aromatic rings. The molecule has 0 amide bonds. The van der Waals surface area contributed by atoms with Crippen LogP contribution < -0.4 is 5.32 Å². The maximum Gasteiger partial charge on any atom is 0.156 e. The normalized spacial score (nSPS) is 15.0. The Hall–Kier alpha value is -2.07. The lowest BCUT2D eigenvalue weighted by molar-refractivity contribution is 0.377. The van der Waals surface area contributed by atoms with E-state index in [4.69, 9.17) is 4.52 Å². The molecule has 0 atom stereocenters. The fourth-order valence-electron chi connectivity index (χ4n) is 2.65. The number of rotatable bonds is 5. The minimum absolute atomic E-state index is 0.725. The van der Waals surface area contributed by atoms with Crippen LogP contribution in [0, 0.1) is 0 Å². The summed E-state index contributed by atoms with van der Waals surface area (Å²) in [5, 5.41) is 8.64. The number of para-hydroxylation sites is 1. The Balaban J connectivity index is 1.68. The van der Waals surface area contributed by atoms with Gasteiger partial charge in [-0.05, 0) is 29.9 Å². The molecule has 1 N–H and O–H groups in total. The molecule has 4 heteroatoms. The smallest absolute Gasteiger partial charge is 0.156 e. The lowest BCUT2D eigenvalue weighted by Crippen LogP contribution is -2.16. The summed E-state index contributed by atoms with van der Waals surface area (Å²) in [6, 6.07) is 11.3. The average Bonchev–Trinajstić information content (AvgIpc) is 2.98. The molecule has 0 saturated heterocycles. The van der Waals surface area contributed by atoms with E-state index in [0.29, 0.717) is 0 Å². The minimum Gasteiger partial charge on any atom is -0.359 e. The first-order valence-electron chi connectivity index (χ1n) is 7.10. The highest BCUT2D eigenvalue weighted by Crippen LogP contribution is 2.24. The molecule has 2 aromatic heterocycles. The molecule has 1 aliphatic rings. The third kappa shape index (κ3) is 2.23. The highest BCUT2D eigenvalue weighted by Gasteiger charge is 2.20. The van der Waals surface area contributed by atoms with E-state index in [0.717, 1.165) is 24.9 Å². The van der Waals surface area contributed by atoms with Crippen LogP contribution in [0.4, 0.5) is 0 Å². The number of hydrogen-bond donors (Lipinski definition) is 1. The van der Waals surface area contributed by atoms with Crippen molar-refractivity contribution < 1.29 is 4.52 Å². The second kappa shape index (κ2) is 4.80. The summed E-state index contributed by atoms with van der Waals surface area (Å²) in [6.45, 7) is 1.66. The van der Waals surface area contributed by atoms with Crippen LogP contribution in [0.15, 0.2) is 47.2 Å². The molecule has 1 aliphatic carbocycles. The van der Waals surface area contributed by atoms with Crippen LogP contribution in [0.2, 0.25) is 0 Å². The van der Waals surface area contributed by atoms with Crippen molar-refractivity contribution in [2.45, 2.75) is 32.0 Å². The van der Waals surface area contributed by atoms with Gasteiger partial charge in [0.25, 0.3) is 0 Å². The third-order valence-corrected chi connectivity index (χ3v) is 3.85. The number of nitrogens with zero attached hydrogens (tertiary/aromatic N) is 2. The molecule has 0 bridgehead atoms. The highest BCUT2D eigenvalue weighted by atomic mass is 16.5. The first kappa shape index (κ1) is 11.7. The maximum atomic E-state index is 5.22. The van der Waals surface area contributed by atoms with E-state index in [1.807, 2.05) is 6.07 Å². The zero-order chi connectivity index (χ0) is 13.4. The van der Waals surface area contributed by atoms with E-state index in [2.05, 4.69) is 45.5 Å². The van der Waals surface area contributed by atoms with Gasteiger partial charge in [-0.1, -0.05) is 23.4 Å². The number of hydrogen-bond acceptors (Lipinski definition) is 3. The molecule has 4 nitrogen and oxygen atoms in total. The van der Waals surface area contributed by atoms with E-state index in [1.54, 1.807) is 6.20 Å².